The smallest absolute Gasteiger partial charge is 0.240 e. The number of hydrogen-bond acceptors (Lipinski definition) is 2. The van der Waals surface area contributed by atoms with Crippen LogP contribution in [0.5, 0.6) is 0 Å². The van der Waals surface area contributed by atoms with Crippen LogP contribution in [0.1, 0.15) is 43.9 Å². The molecule has 0 aromatic heterocycles. The standard InChI is InChI=1S/C16H24N2O/c1-11(2)15(17)16(19)18-10-6-9-14(18)13-8-5-4-7-12(13)3/h4-5,7-8,11,14-15H,6,9-10,17H2,1-3H3/t14?,15-/m1/s1. The van der Waals surface area contributed by atoms with E-state index in [1.54, 1.807) is 0 Å². The Morgan fingerprint density at radius 1 is 1.37 bits per heavy atom. The highest BCUT2D eigenvalue weighted by Crippen LogP contribution is 2.34. The van der Waals surface area contributed by atoms with E-state index in [2.05, 4.69) is 19.1 Å². The van der Waals surface area contributed by atoms with E-state index in [9.17, 15) is 4.79 Å². The summed E-state index contributed by atoms with van der Waals surface area (Å²) in [5.74, 6) is 0.284. The van der Waals surface area contributed by atoms with Gasteiger partial charge in [-0.3, -0.25) is 4.79 Å². The lowest BCUT2D eigenvalue weighted by Gasteiger charge is -2.29. The molecule has 1 amide bonds. The van der Waals surface area contributed by atoms with Gasteiger partial charge in [0, 0.05) is 6.54 Å². The number of carbonyl (C=O) groups excluding carboxylic acids is 1. The van der Waals surface area contributed by atoms with E-state index in [0.717, 1.165) is 19.4 Å². The topological polar surface area (TPSA) is 46.3 Å². The first kappa shape index (κ1) is 14.1. The van der Waals surface area contributed by atoms with Crippen LogP contribution in [0.3, 0.4) is 0 Å². The van der Waals surface area contributed by atoms with Crippen molar-refractivity contribution < 1.29 is 4.79 Å². The first-order valence-corrected chi connectivity index (χ1v) is 7.14. The van der Waals surface area contributed by atoms with Crippen LogP contribution >= 0.6 is 0 Å². The van der Waals surface area contributed by atoms with Crippen molar-refractivity contribution in [2.75, 3.05) is 6.54 Å². The zero-order valence-corrected chi connectivity index (χ0v) is 12.1. The van der Waals surface area contributed by atoms with Crippen LogP contribution < -0.4 is 5.73 Å². The lowest BCUT2D eigenvalue weighted by molar-refractivity contribution is -0.134. The van der Waals surface area contributed by atoms with Gasteiger partial charge in [-0.05, 0) is 36.8 Å². The van der Waals surface area contributed by atoms with Gasteiger partial charge in [0.1, 0.15) is 0 Å². The van der Waals surface area contributed by atoms with Gasteiger partial charge < -0.3 is 10.6 Å². The summed E-state index contributed by atoms with van der Waals surface area (Å²) in [5, 5.41) is 0. The number of benzene rings is 1. The number of amides is 1. The third-order valence-electron chi connectivity index (χ3n) is 4.09. The van der Waals surface area contributed by atoms with Crippen LogP contribution in [-0.4, -0.2) is 23.4 Å². The monoisotopic (exact) mass is 260 g/mol. The molecule has 3 nitrogen and oxygen atoms in total. The molecular formula is C16H24N2O. The minimum atomic E-state index is -0.385. The second-order valence-electron chi connectivity index (χ2n) is 5.82. The molecular weight excluding hydrogens is 236 g/mol. The lowest BCUT2D eigenvalue weighted by atomic mass is 9.98. The first-order chi connectivity index (χ1) is 9.02. The van der Waals surface area contributed by atoms with Gasteiger partial charge in [-0.1, -0.05) is 38.1 Å². The van der Waals surface area contributed by atoms with Crippen molar-refractivity contribution in [3.05, 3.63) is 35.4 Å². The Kier molecular flexibility index (Phi) is 4.25. The first-order valence-electron chi connectivity index (χ1n) is 7.14. The fraction of sp³-hybridized carbons (Fsp3) is 0.562. The number of rotatable bonds is 3. The Morgan fingerprint density at radius 2 is 2.05 bits per heavy atom. The molecule has 0 bridgehead atoms. The zero-order chi connectivity index (χ0) is 14.0. The van der Waals surface area contributed by atoms with Gasteiger partial charge in [0.25, 0.3) is 0 Å². The number of nitrogens with two attached hydrogens (primary N) is 1. The van der Waals surface area contributed by atoms with Crippen LogP contribution in [0.15, 0.2) is 24.3 Å². The van der Waals surface area contributed by atoms with E-state index in [1.807, 2.05) is 30.9 Å². The third kappa shape index (κ3) is 2.81. The van der Waals surface area contributed by atoms with Gasteiger partial charge in [0.15, 0.2) is 0 Å². The molecule has 3 heteroatoms. The summed E-state index contributed by atoms with van der Waals surface area (Å²) in [4.78, 5) is 14.5. The van der Waals surface area contributed by atoms with Gasteiger partial charge >= 0.3 is 0 Å². The van der Waals surface area contributed by atoms with Gasteiger partial charge in [0.2, 0.25) is 5.91 Å². The Morgan fingerprint density at radius 3 is 2.68 bits per heavy atom. The normalized spacial score (nSPS) is 20.9. The van der Waals surface area contributed by atoms with Crippen LogP contribution in [0.25, 0.3) is 0 Å². The minimum Gasteiger partial charge on any atom is -0.334 e. The van der Waals surface area contributed by atoms with Crippen molar-refractivity contribution in [3.63, 3.8) is 0 Å². The molecule has 0 saturated carbocycles. The maximum atomic E-state index is 12.5. The molecule has 1 aromatic carbocycles. The highest BCUT2D eigenvalue weighted by atomic mass is 16.2. The molecule has 2 N–H and O–H groups in total. The molecule has 2 atom stereocenters. The van der Waals surface area contributed by atoms with Gasteiger partial charge in [-0.25, -0.2) is 0 Å². The Labute approximate surface area is 115 Å². The summed E-state index contributed by atoms with van der Waals surface area (Å²) < 4.78 is 0. The van der Waals surface area contributed by atoms with E-state index in [-0.39, 0.29) is 23.9 Å². The van der Waals surface area contributed by atoms with Crippen LogP contribution in [0.2, 0.25) is 0 Å². The molecule has 0 radical (unpaired) electrons. The van der Waals surface area contributed by atoms with Crippen molar-refractivity contribution in [2.24, 2.45) is 11.7 Å². The number of carbonyl (C=O) groups is 1. The van der Waals surface area contributed by atoms with E-state index in [4.69, 9.17) is 5.73 Å². The minimum absolute atomic E-state index is 0.0979. The molecule has 0 spiro atoms. The molecule has 1 fully saturated rings. The zero-order valence-electron chi connectivity index (χ0n) is 12.1. The average Bonchev–Trinajstić information content (AvgIpc) is 2.86. The average molecular weight is 260 g/mol. The van der Waals surface area contributed by atoms with E-state index in [1.165, 1.54) is 11.1 Å². The molecule has 104 valence electrons. The molecule has 1 heterocycles. The summed E-state index contributed by atoms with van der Waals surface area (Å²) in [6.45, 7) is 6.94. The Bertz CT molecular complexity index is 456. The highest BCUT2D eigenvalue weighted by molar-refractivity contribution is 5.82. The summed E-state index contributed by atoms with van der Waals surface area (Å²) >= 11 is 0. The van der Waals surface area contributed by atoms with Crippen molar-refractivity contribution in [2.45, 2.75) is 45.7 Å². The van der Waals surface area contributed by atoms with Crippen LogP contribution in [0, 0.1) is 12.8 Å². The molecule has 1 aliphatic rings. The lowest BCUT2D eigenvalue weighted by Crippen LogP contribution is -2.46. The Hall–Kier alpha value is -1.35. The SMILES string of the molecule is Cc1ccccc1C1CCCN1C(=O)[C@H](N)C(C)C. The quantitative estimate of drug-likeness (QED) is 0.908. The van der Waals surface area contributed by atoms with E-state index < -0.39 is 0 Å². The molecule has 2 rings (SSSR count). The second kappa shape index (κ2) is 5.74. The van der Waals surface area contributed by atoms with Crippen molar-refractivity contribution in [1.29, 1.82) is 0 Å². The van der Waals surface area contributed by atoms with Gasteiger partial charge in [-0.2, -0.15) is 0 Å². The van der Waals surface area contributed by atoms with Gasteiger partial charge in [0.05, 0.1) is 12.1 Å². The van der Waals surface area contributed by atoms with Crippen molar-refractivity contribution >= 4 is 5.91 Å². The number of aryl methyl sites for hydroxylation is 1. The predicted molar refractivity (Wildman–Crippen MR) is 77.7 cm³/mol. The number of hydrogen-bond donors (Lipinski definition) is 1. The molecule has 1 aromatic rings. The summed E-state index contributed by atoms with van der Waals surface area (Å²) in [5.41, 5.74) is 8.55. The van der Waals surface area contributed by atoms with Crippen LogP contribution in [-0.2, 0) is 4.79 Å². The number of likely N-dealkylation sites (tertiary alicyclic amines) is 1. The van der Waals surface area contributed by atoms with E-state index >= 15 is 0 Å². The fourth-order valence-corrected chi connectivity index (χ4v) is 2.79. The predicted octanol–water partition coefficient (Wildman–Crippen LogP) is 2.64. The maximum absolute atomic E-state index is 12.5. The Balaban J connectivity index is 2.22. The van der Waals surface area contributed by atoms with Gasteiger partial charge in [-0.15, -0.1) is 0 Å². The third-order valence-corrected chi connectivity index (χ3v) is 4.09. The summed E-state index contributed by atoms with van der Waals surface area (Å²) in [7, 11) is 0. The molecule has 1 unspecified atom stereocenters. The molecule has 0 aliphatic carbocycles. The largest absolute Gasteiger partial charge is 0.334 e. The summed E-state index contributed by atoms with van der Waals surface area (Å²) in [6.07, 6.45) is 2.11. The van der Waals surface area contributed by atoms with E-state index in [0.29, 0.717) is 0 Å². The summed E-state index contributed by atoms with van der Waals surface area (Å²) in [6, 6.07) is 8.15. The fourth-order valence-electron chi connectivity index (χ4n) is 2.79. The molecule has 1 aliphatic heterocycles. The second-order valence-corrected chi connectivity index (χ2v) is 5.82. The highest BCUT2D eigenvalue weighted by Gasteiger charge is 2.33. The molecule has 1 saturated heterocycles. The molecule has 19 heavy (non-hydrogen) atoms. The van der Waals surface area contributed by atoms with Crippen molar-refractivity contribution in [3.8, 4) is 0 Å². The van der Waals surface area contributed by atoms with Crippen molar-refractivity contribution in [1.82, 2.24) is 4.90 Å². The van der Waals surface area contributed by atoms with Crippen LogP contribution in [0.4, 0.5) is 0 Å². The maximum Gasteiger partial charge on any atom is 0.240 e. The number of nitrogens with zero attached hydrogens (tertiary/aromatic N) is 1.